The smallest absolute Gasteiger partial charge is 0.243 e. The molecule has 3 amide bonds. The Morgan fingerprint density at radius 3 is 2.59 bits per heavy atom. The molecule has 236 valence electrons. The van der Waals surface area contributed by atoms with Crippen molar-refractivity contribution in [2.45, 2.75) is 50.6 Å². The first kappa shape index (κ1) is 31.5. The summed E-state index contributed by atoms with van der Waals surface area (Å²) in [5.74, 6) is 0.919. The third-order valence-corrected chi connectivity index (χ3v) is 9.15. The highest BCUT2D eigenvalue weighted by Crippen LogP contribution is 2.36. The molecule has 3 aliphatic heterocycles. The number of benzene rings is 2. The van der Waals surface area contributed by atoms with Crippen LogP contribution in [-0.4, -0.2) is 81.8 Å². The zero-order valence-corrected chi connectivity index (χ0v) is 25.7. The standard InChI is InChI=1S/C34H44N4O6/c1-42-26-11-12-28(30(21-26)43-2)35-31(39)23-38-17-13-27-25(22-38)10-6-7-14-34(15-18-44-19-16-34)33(41)37-29(32(40)36-27)20-24-8-4-3-5-9-24/h3-9,11-12,21,25,27,29H,10,13-20,22-23H2,1-2H3,(H,35,39)(H,36,40)(H,37,41)/b7-6+/t25-,27+,29-/m1/s1. The lowest BCUT2D eigenvalue weighted by atomic mass is 9.75. The van der Waals surface area contributed by atoms with Crippen LogP contribution in [0, 0.1) is 11.3 Å². The molecule has 3 atom stereocenters. The van der Waals surface area contributed by atoms with Crippen molar-refractivity contribution in [2.75, 3.05) is 52.4 Å². The fourth-order valence-electron chi connectivity index (χ4n) is 6.49. The average Bonchev–Trinajstić information content (AvgIpc) is 3.04. The number of amides is 3. The molecule has 10 heteroatoms. The van der Waals surface area contributed by atoms with Crippen molar-refractivity contribution in [3.8, 4) is 11.5 Å². The van der Waals surface area contributed by atoms with Gasteiger partial charge in [0.25, 0.3) is 0 Å². The van der Waals surface area contributed by atoms with E-state index in [1.807, 2.05) is 30.3 Å². The predicted molar refractivity (Wildman–Crippen MR) is 168 cm³/mol. The van der Waals surface area contributed by atoms with E-state index in [4.69, 9.17) is 14.2 Å². The molecule has 2 saturated heterocycles. The molecule has 0 saturated carbocycles. The Bertz CT molecular complexity index is 1330. The molecule has 0 aromatic heterocycles. The molecule has 5 rings (SSSR count). The van der Waals surface area contributed by atoms with Crippen molar-refractivity contribution in [1.29, 1.82) is 0 Å². The second kappa shape index (κ2) is 14.7. The number of hydrogen-bond acceptors (Lipinski definition) is 7. The topological polar surface area (TPSA) is 118 Å². The molecule has 2 fully saturated rings. The maximum absolute atomic E-state index is 13.8. The number of nitrogens with zero attached hydrogens (tertiary/aromatic N) is 1. The van der Waals surface area contributed by atoms with Crippen LogP contribution in [0.15, 0.2) is 60.7 Å². The molecule has 1 spiro atoms. The Hall–Kier alpha value is -3.89. The summed E-state index contributed by atoms with van der Waals surface area (Å²) in [6, 6.07) is 14.3. The van der Waals surface area contributed by atoms with Gasteiger partial charge in [0, 0.05) is 44.8 Å². The van der Waals surface area contributed by atoms with Crippen LogP contribution in [0.5, 0.6) is 11.5 Å². The molecule has 0 radical (unpaired) electrons. The number of likely N-dealkylation sites (tertiary alicyclic amines) is 1. The van der Waals surface area contributed by atoms with Gasteiger partial charge in [-0.25, -0.2) is 0 Å². The summed E-state index contributed by atoms with van der Waals surface area (Å²) in [6.07, 6.45) is 7.98. The number of ether oxygens (including phenoxy) is 3. The molecule has 3 heterocycles. The average molecular weight is 605 g/mol. The molecular weight excluding hydrogens is 560 g/mol. The van der Waals surface area contributed by atoms with Gasteiger partial charge in [-0.3, -0.25) is 19.3 Å². The summed E-state index contributed by atoms with van der Waals surface area (Å²) >= 11 is 0. The van der Waals surface area contributed by atoms with Crippen molar-refractivity contribution < 1.29 is 28.6 Å². The van der Waals surface area contributed by atoms with Gasteiger partial charge in [0.15, 0.2) is 0 Å². The lowest BCUT2D eigenvalue weighted by Gasteiger charge is -2.40. The normalized spacial score (nSPS) is 24.9. The molecule has 3 aliphatic rings. The number of allylic oxidation sites excluding steroid dienone is 2. The van der Waals surface area contributed by atoms with Gasteiger partial charge in [-0.15, -0.1) is 0 Å². The number of piperidine rings is 1. The lowest BCUT2D eigenvalue weighted by molar-refractivity contribution is -0.140. The fourth-order valence-corrected chi connectivity index (χ4v) is 6.49. The van der Waals surface area contributed by atoms with Gasteiger partial charge in [-0.05, 0) is 55.7 Å². The van der Waals surface area contributed by atoms with Gasteiger partial charge in [0.1, 0.15) is 17.5 Å². The van der Waals surface area contributed by atoms with E-state index in [1.165, 1.54) is 0 Å². The van der Waals surface area contributed by atoms with Gasteiger partial charge in [0.2, 0.25) is 17.7 Å². The van der Waals surface area contributed by atoms with Gasteiger partial charge in [-0.1, -0.05) is 42.5 Å². The Kier molecular flexibility index (Phi) is 10.6. The number of carbonyl (C=O) groups is 3. The Morgan fingerprint density at radius 1 is 1.05 bits per heavy atom. The van der Waals surface area contributed by atoms with Crippen LogP contribution >= 0.6 is 0 Å². The van der Waals surface area contributed by atoms with Gasteiger partial charge in [0.05, 0.1) is 31.9 Å². The van der Waals surface area contributed by atoms with Gasteiger partial charge in [-0.2, -0.15) is 0 Å². The fraction of sp³-hybridized carbons (Fsp3) is 0.500. The lowest BCUT2D eigenvalue weighted by Crippen LogP contribution is -2.58. The van der Waals surface area contributed by atoms with E-state index < -0.39 is 11.5 Å². The third kappa shape index (κ3) is 7.78. The minimum atomic E-state index is -0.683. The highest BCUT2D eigenvalue weighted by Gasteiger charge is 2.41. The van der Waals surface area contributed by atoms with Crippen LogP contribution in [0.1, 0.15) is 37.7 Å². The largest absolute Gasteiger partial charge is 0.497 e. The number of anilines is 1. The first-order valence-electron chi connectivity index (χ1n) is 15.5. The summed E-state index contributed by atoms with van der Waals surface area (Å²) in [5, 5.41) is 9.40. The van der Waals surface area contributed by atoms with Crippen molar-refractivity contribution in [2.24, 2.45) is 11.3 Å². The number of methoxy groups -OCH3 is 2. The molecule has 2 aromatic carbocycles. The van der Waals surface area contributed by atoms with Crippen LogP contribution in [0.3, 0.4) is 0 Å². The molecule has 10 nitrogen and oxygen atoms in total. The van der Waals surface area contributed by atoms with Crippen LogP contribution < -0.4 is 25.4 Å². The van der Waals surface area contributed by atoms with Gasteiger partial charge < -0.3 is 30.2 Å². The minimum Gasteiger partial charge on any atom is -0.497 e. The molecule has 0 bridgehead atoms. The molecular formula is C34H44N4O6. The SMILES string of the molecule is COc1ccc(NC(=O)CN2CC[C@@H]3NC(=O)[C@@H](Cc4ccccc4)NC(=O)C4(C/C=C/C[C@@H]3C2)CCOCC4)c(OC)c1. The molecule has 44 heavy (non-hydrogen) atoms. The predicted octanol–water partition coefficient (Wildman–Crippen LogP) is 3.32. The quantitative estimate of drug-likeness (QED) is 0.415. The Balaban J connectivity index is 1.30. The van der Waals surface area contributed by atoms with E-state index in [-0.39, 0.29) is 36.2 Å². The zero-order chi connectivity index (χ0) is 30.9. The van der Waals surface area contributed by atoms with Crippen LogP contribution in [0.25, 0.3) is 0 Å². The number of fused-ring (bicyclic) bond motifs is 1. The number of carbonyl (C=O) groups excluding carboxylic acids is 3. The van der Waals surface area contributed by atoms with E-state index in [0.717, 1.165) is 12.0 Å². The van der Waals surface area contributed by atoms with Gasteiger partial charge >= 0.3 is 0 Å². The van der Waals surface area contributed by atoms with Crippen molar-refractivity contribution in [3.63, 3.8) is 0 Å². The van der Waals surface area contributed by atoms with E-state index >= 15 is 0 Å². The Labute approximate surface area is 259 Å². The number of nitrogens with one attached hydrogen (secondary N) is 3. The summed E-state index contributed by atoms with van der Waals surface area (Å²) in [7, 11) is 3.14. The maximum atomic E-state index is 13.8. The minimum absolute atomic E-state index is 0.0696. The second-order valence-corrected chi connectivity index (χ2v) is 12.0. The van der Waals surface area contributed by atoms with Crippen molar-refractivity contribution in [1.82, 2.24) is 15.5 Å². The highest BCUT2D eigenvalue weighted by atomic mass is 16.5. The maximum Gasteiger partial charge on any atom is 0.243 e. The summed E-state index contributed by atoms with van der Waals surface area (Å²) < 4.78 is 16.3. The van der Waals surface area contributed by atoms with E-state index in [1.54, 1.807) is 32.4 Å². The monoisotopic (exact) mass is 604 g/mol. The van der Waals surface area contributed by atoms with Crippen LogP contribution in [0.4, 0.5) is 5.69 Å². The molecule has 2 aromatic rings. The summed E-state index contributed by atoms with van der Waals surface area (Å²) in [5.41, 5.74) is 0.983. The third-order valence-electron chi connectivity index (χ3n) is 9.15. The van der Waals surface area contributed by atoms with Crippen LogP contribution in [0.2, 0.25) is 0 Å². The summed E-state index contributed by atoms with van der Waals surface area (Å²) in [6.45, 7) is 2.61. The van der Waals surface area contributed by atoms with Crippen LogP contribution in [-0.2, 0) is 25.5 Å². The second-order valence-electron chi connectivity index (χ2n) is 12.0. The Morgan fingerprint density at radius 2 is 1.84 bits per heavy atom. The van der Waals surface area contributed by atoms with E-state index in [9.17, 15) is 14.4 Å². The highest BCUT2D eigenvalue weighted by molar-refractivity contribution is 5.94. The van der Waals surface area contributed by atoms with E-state index in [0.29, 0.717) is 75.6 Å². The number of rotatable bonds is 7. The molecule has 0 unspecified atom stereocenters. The first-order valence-corrected chi connectivity index (χ1v) is 15.5. The van der Waals surface area contributed by atoms with Crippen molar-refractivity contribution in [3.05, 3.63) is 66.2 Å². The molecule has 3 N–H and O–H groups in total. The summed E-state index contributed by atoms with van der Waals surface area (Å²) in [4.78, 5) is 42.8. The zero-order valence-electron chi connectivity index (χ0n) is 25.7. The van der Waals surface area contributed by atoms with E-state index in [2.05, 4.69) is 33.0 Å². The first-order chi connectivity index (χ1) is 21.4. The number of hydrogen-bond donors (Lipinski definition) is 3. The van der Waals surface area contributed by atoms with Crippen molar-refractivity contribution >= 4 is 23.4 Å². The molecule has 0 aliphatic carbocycles.